The molecule has 0 radical (unpaired) electrons. The van der Waals surface area contributed by atoms with Gasteiger partial charge in [0.1, 0.15) is 0 Å². The summed E-state index contributed by atoms with van der Waals surface area (Å²) in [6.07, 6.45) is 0.855. The van der Waals surface area contributed by atoms with E-state index < -0.39 is 15.9 Å². The third kappa shape index (κ3) is 5.19. The molecule has 0 spiro atoms. The number of halogens is 1. The van der Waals surface area contributed by atoms with E-state index in [1.165, 1.54) is 18.2 Å². The molecular weight excluding hydrogens is 426 g/mol. The largest absolute Gasteiger partial charge is 0.338 e. The number of nitrogens with zero attached hydrogens (tertiary/aromatic N) is 1. The molecule has 1 aliphatic heterocycles. The van der Waals surface area contributed by atoms with Crippen LogP contribution in [0.2, 0.25) is 5.02 Å². The van der Waals surface area contributed by atoms with Gasteiger partial charge in [0.05, 0.1) is 16.9 Å². The van der Waals surface area contributed by atoms with Gasteiger partial charge in [-0.05, 0) is 41.7 Å². The Morgan fingerprint density at radius 2 is 1.90 bits per heavy atom. The minimum Gasteiger partial charge on any atom is -0.338 e. The first kappa shape index (κ1) is 22.3. The van der Waals surface area contributed by atoms with E-state index in [-0.39, 0.29) is 33.9 Å². The zero-order valence-corrected chi connectivity index (χ0v) is 18.4. The highest BCUT2D eigenvalue weighted by Gasteiger charge is 2.34. The van der Waals surface area contributed by atoms with Gasteiger partial charge < -0.3 is 10.2 Å². The molecule has 2 aromatic rings. The molecule has 1 aliphatic rings. The van der Waals surface area contributed by atoms with Gasteiger partial charge >= 0.3 is 0 Å². The van der Waals surface area contributed by atoms with Crippen LogP contribution < -0.4 is 10.5 Å². The van der Waals surface area contributed by atoms with Crippen molar-refractivity contribution in [3.05, 3.63) is 58.6 Å². The summed E-state index contributed by atoms with van der Waals surface area (Å²) in [7, 11) is -4.18. The van der Waals surface area contributed by atoms with Gasteiger partial charge in [0.25, 0.3) is 5.91 Å². The van der Waals surface area contributed by atoms with Crippen molar-refractivity contribution in [2.75, 3.05) is 18.4 Å². The summed E-state index contributed by atoms with van der Waals surface area (Å²) in [5.74, 6) is -0.762. The second kappa shape index (κ2) is 8.37. The molecule has 0 atom stereocenters. The Hall–Kier alpha value is -2.42. The lowest BCUT2D eigenvalue weighted by molar-refractivity contribution is -0.115. The number of hydrogen-bond donors (Lipinski definition) is 2. The maximum atomic E-state index is 12.9. The fourth-order valence-corrected chi connectivity index (χ4v) is 4.44. The molecule has 30 heavy (non-hydrogen) atoms. The molecule has 1 fully saturated rings. The number of carbonyl (C=O) groups is 2. The Morgan fingerprint density at radius 1 is 1.20 bits per heavy atom. The van der Waals surface area contributed by atoms with Crippen LogP contribution in [-0.2, 0) is 21.2 Å². The van der Waals surface area contributed by atoms with Crippen LogP contribution in [0.4, 0.5) is 5.69 Å². The third-order valence-corrected chi connectivity index (χ3v) is 6.40. The van der Waals surface area contributed by atoms with E-state index in [9.17, 15) is 18.0 Å². The maximum absolute atomic E-state index is 12.9. The monoisotopic (exact) mass is 449 g/mol. The summed E-state index contributed by atoms with van der Waals surface area (Å²) in [6.45, 7) is 5.19. The van der Waals surface area contributed by atoms with Crippen molar-refractivity contribution >= 4 is 39.1 Å². The number of likely N-dealkylation sites (tertiary alicyclic amines) is 1. The Labute approximate surface area is 181 Å². The van der Waals surface area contributed by atoms with Crippen LogP contribution in [0.5, 0.6) is 0 Å². The molecule has 2 amide bonds. The normalized spacial score (nSPS) is 15.8. The molecule has 3 rings (SSSR count). The number of sulfonamides is 1. The molecule has 1 saturated heterocycles. The summed E-state index contributed by atoms with van der Waals surface area (Å²) in [6, 6.07) is 11.0. The number of nitrogens with one attached hydrogen (secondary N) is 1. The second-order valence-corrected chi connectivity index (χ2v) is 10.2. The SMILES string of the molecule is CC1(C)CCN(C(=O)c2ccc(NC(=O)Cc3ccccc3Cl)cc2S(N)(=O)=O)C1. The van der Waals surface area contributed by atoms with E-state index in [1.807, 2.05) is 0 Å². The van der Waals surface area contributed by atoms with Crippen LogP contribution in [-0.4, -0.2) is 38.2 Å². The van der Waals surface area contributed by atoms with Gasteiger partial charge in [-0.2, -0.15) is 0 Å². The van der Waals surface area contributed by atoms with Crippen molar-refractivity contribution in [3.63, 3.8) is 0 Å². The van der Waals surface area contributed by atoms with Gasteiger partial charge in [0.15, 0.2) is 0 Å². The van der Waals surface area contributed by atoms with Crippen LogP contribution >= 0.6 is 11.6 Å². The molecule has 2 aromatic carbocycles. The van der Waals surface area contributed by atoms with E-state index in [0.29, 0.717) is 23.7 Å². The van der Waals surface area contributed by atoms with Crippen LogP contribution in [0.15, 0.2) is 47.4 Å². The number of carbonyl (C=O) groups excluding carboxylic acids is 2. The quantitative estimate of drug-likeness (QED) is 0.730. The Morgan fingerprint density at radius 3 is 2.50 bits per heavy atom. The highest BCUT2D eigenvalue weighted by atomic mass is 35.5. The number of primary sulfonamides is 1. The van der Waals surface area contributed by atoms with Crippen molar-refractivity contribution < 1.29 is 18.0 Å². The lowest BCUT2D eigenvalue weighted by atomic mass is 9.93. The minimum absolute atomic E-state index is 0.000646. The molecule has 0 bridgehead atoms. The zero-order chi connectivity index (χ0) is 22.1. The first-order valence-corrected chi connectivity index (χ1v) is 11.4. The number of nitrogens with two attached hydrogens (primary N) is 1. The summed E-state index contributed by atoms with van der Waals surface area (Å²) in [5, 5.41) is 8.46. The van der Waals surface area contributed by atoms with Crippen LogP contribution in [0.3, 0.4) is 0 Å². The lowest BCUT2D eigenvalue weighted by Gasteiger charge is -2.21. The van der Waals surface area contributed by atoms with Crippen LogP contribution in [0.1, 0.15) is 36.2 Å². The molecule has 3 N–H and O–H groups in total. The van der Waals surface area contributed by atoms with E-state index in [2.05, 4.69) is 19.2 Å². The maximum Gasteiger partial charge on any atom is 0.255 e. The van der Waals surface area contributed by atoms with E-state index >= 15 is 0 Å². The topological polar surface area (TPSA) is 110 Å². The van der Waals surface area contributed by atoms with Crippen molar-refractivity contribution in [1.29, 1.82) is 0 Å². The van der Waals surface area contributed by atoms with Crippen molar-refractivity contribution in [3.8, 4) is 0 Å². The molecule has 0 aliphatic carbocycles. The number of anilines is 1. The number of benzene rings is 2. The summed E-state index contributed by atoms with van der Waals surface area (Å²) in [4.78, 5) is 26.6. The highest BCUT2D eigenvalue weighted by Crippen LogP contribution is 2.31. The van der Waals surface area contributed by atoms with Crippen molar-refractivity contribution in [2.45, 2.75) is 31.6 Å². The molecule has 1 heterocycles. The average molecular weight is 450 g/mol. The Kier molecular flexibility index (Phi) is 6.21. The fourth-order valence-electron chi connectivity index (χ4n) is 3.49. The number of amides is 2. The second-order valence-electron chi connectivity index (χ2n) is 8.21. The van der Waals surface area contributed by atoms with Gasteiger partial charge in [0.2, 0.25) is 15.9 Å². The van der Waals surface area contributed by atoms with E-state index in [4.69, 9.17) is 16.7 Å². The highest BCUT2D eigenvalue weighted by molar-refractivity contribution is 7.89. The number of hydrogen-bond acceptors (Lipinski definition) is 4. The van der Waals surface area contributed by atoms with Crippen LogP contribution in [0, 0.1) is 5.41 Å². The predicted molar refractivity (Wildman–Crippen MR) is 116 cm³/mol. The standard InChI is InChI=1S/C21H24ClN3O4S/c1-21(2)9-10-25(13-21)20(27)16-8-7-15(12-18(16)30(23,28)29)24-19(26)11-14-5-3-4-6-17(14)22/h3-8,12H,9-11,13H2,1-2H3,(H,24,26)(H2,23,28,29). The Balaban J connectivity index is 1.84. The third-order valence-electron chi connectivity index (χ3n) is 5.08. The van der Waals surface area contributed by atoms with Crippen molar-refractivity contribution in [2.24, 2.45) is 10.6 Å². The van der Waals surface area contributed by atoms with Gasteiger partial charge in [-0.15, -0.1) is 0 Å². The molecule has 9 heteroatoms. The number of rotatable bonds is 5. The predicted octanol–water partition coefficient (Wildman–Crippen LogP) is 3.04. The first-order chi connectivity index (χ1) is 14.0. The van der Waals surface area contributed by atoms with E-state index in [1.54, 1.807) is 29.2 Å². The molecule has 160 valence electrons. The summed E-state index contributed by atoms with van der Waals surface area (Å²) >= 11 is 6.08. The molecule has 0 aromatic heterocycles. The fraction of sp³-hybridized carbons (Fsp3) is 0.333. The molecular formula is C21H24ClN3O4S. The zero-order valence-electron chi connectivity index (χ0n) is 16.8. The average Bonchev–Trinajstić information content (AvgIpc) is 3.02. The summed E-state index contributed by atoms with van der Waals surface area (Å²) in [5.41, 5.74) is 0.852. The van der Waals surface area contributed by atoms with Gasteiger partial charge in [-0.3, -0.25) is 9.59 Å². The lowest BCUT2D eigenvalue weighted by Crippen LogP contribution is -2.32. The molecule has 7 nitrogen and oxygen atoms in total. The molecule has 0 unspecified atom stereocenters. The first-order valence-electron chi connectivity index (χ1n) is 9.46. The minimum atomic E-state index is -4.18. The van der Waals surface area contributed by atoms with Crippen LogP contribution in [0.25, 0.3) is 0 Å². The molecule has 0 saturated carbocycles. The smallest absolute Gasteiger partial charge is 0.255 e. The summed E-state index contributed by atoms with van der Waals surface area (Å²) < 4.78 is 24.3. The van der Waals surface area contributed by atoms with Gasteiger partial charge in [-0.1, -0.05) is 43.6 Å². The van der Waals surface area contributed by atoms with Gasteiger partial charge in [0, 0.05) is 23.8 Å². The van der Waals surface area contributed by atoms with Crippen molar-refractivity contribution in [1.82, 2.24) is 4.90 Å². The Bertz CT molecular complexity index is 1100. The van der Waals surface area contributed by atoms with E-state index in [0.717, 1.165) is 6.42 Å². The van der Waals surface area contributed by atoms with Gasteiger partial charge in [-0.25, -0.2) is 13.6 Å².